The summed E-state index contributed by atoms with van der Waals surface area (Å²) in [4.78, 5) is 0. The summed E-state index contributed by atoms with van der Waals surface area (Å²) in [6, 6.07) is 6.33. The largest absolute Gasteiger partial charge is 0.490 e. The van der Waals surface area contributed by atoms with E-state index in [9.17, 15) is 0 Å². The highest BCUT2D eigenvalue weighted by Gasteiger charge is 2.59. The van der Waals surface area contributed by atoms with Crippen molar-refractivity contribution in [1.29, 1.82) is 0 Å². The summed E-state index contributed by atoms with van der Waals surface area (Å²) in [6.07, 6.45) is 2.04. The monoisotopic (exact) mass is 316 g/mol. The number of rotatable bonds is 2. The van der Waals surface area contributed by atoms with Gasteiger partial charge in [0.05, 0.1) is 24.4 Å². The molecular formula is C18H25BO4. The molecule has 2 fully saturated rings. The van der Waals surface area contributed by atoms with E-state index in [1.807, 2.05) is 6.07 Å². The molecule has 4 rings (SSSR count). The summed E-state index contributed by atoms with van der Waals surface area (Å²) in [5.41, 5.74) is 0.791. The minimum absolute atomic E-state index is 0.110. The van der Waals surface area contributed by atoms with Crippen LogP contribution in [-0.4, -0.2) is 31.5 Å². The fourth-order valence-electron chi connectivity index (χ4n) is 3.37. The van der Waals surface area contributed by atoms with E-state index in [-0.39, 0.29) is 18.3 Å². The average molecular weight is 316 g/mol. The number of hydrogen-bond donors (Lipinski definition) is 0. The van der Waals surface area contributed by atoms with Gasteiger partial charge in [0.25, 0.3) is 0 Å². The van der Waals surface area contributed by atoms with Gasteiger partial charge in [-0.1, -0.05) is 6.07 Å². The standard InChI is InChI=1S/C18H25BO4/c1-17(2)18(3,4)23-19(22-17)14-11-13(14)12-6-7-15-16(10-12)21-9-5-8-20-15/h6-7,10,13-14H,5,8-9,11H2,1-4H3. The van der Waals surface area contributed by atoms with Crippen LogP contribution in [0.5, 0.6) is 11.5 Å². The zero-order chi connectivity index (χ0) is 16.2. The molecule has 2 heterocycles. The topological polar surface area (TPSA) is 36.9 Å². The Morgan fingerprint density at radius 3 is 2.30 bits per heavy atom. The van der Waals surface area contributed by atoms with Crippen LogP contribution in [-0.2, 0) is 9.31 Å². The highest BCUT2D eigenvalue weighted by atomic mass is 16.7. The Kier molecular flexibility index (Phi) is 3.43. The summed E-state index contributed by atoms with van der Waals surface area (Å²) in [6.45, 7) is 9.89. The second-order valence-electron chi connectivity index (χ2n) is 7.89. The number of hydrogen-bond acceptors (Lipinski definition) is 4. The Hall–Kier alpha value is -1.20. The fourth-order valence-corrected chi connectivity index (χ4v) is 3.37. The van der Waals surface area contributed by atoms with Crippen molar-refractivity contribution < 1.29 is 18.8 Å². The van der Waals surface area contributed by atoms with Gasteiger partial charge in [0.15, 0.2) is 11.5 Å². The molecule has 3 aliphatic rings. The van der Waals surface area contributed by atoms with Crippen molar-refractivity contribution in [2.24, 2.45) is 0 Å². The van der Waals surface area contributed by atoms with E-state index in [2.05, 4.69) is 39.8 Å². The van der Waals surface area contributed by atoms with Gasteiger partial charge in [-0.15, -0.1) is 0 Å². The molecule has 1 aromatic carbocycles. The third-order valence-electron chi connectivity index (χ3n) is 5.66. The molecule has 0 aromatic heterocycles. The molecule has 2 unspecified atom stereocenters. The molecule has 124 valence electrons. The molecule has 0 radical (unpaired) electrons. The van der Waals surface area contributed by atoms with Crippen LogP contribution >= 0.6 is 0 Å². The van der Waals surface area contributed by atoms with Crippen LogP contribution in [0.15, 0.2) is 18.2 Å². The first-order valence-corrected chi connectivity index (χ1v) is 8.63. The molecule has 1 saturated carbocycles. The maximum absolute atomic E-state index is 6.19. The molecule has 0 N–H and O–H groups in total. The molecule has 1 saturated heterocycles. The lowest BCUT2D eigenvalue weighted by Gasteiger charge is -2.32. The van der Waals surface area contributed by atoms with Crippen molar-refractivity contribution in [2.45, 2.75) is 63.5 Å². The zero-order valence-corrected chi connectivity index (χ0v) is 14.4. The van der Waals surface area contributed by atoms with Crippen LogP contribution in [0, 0.1) is 0 Å². The Morgan fingerprint density at radius 2 is 1.61 bits per heavy atom. The van der Waals surface area contributed by atoms with Crippen molar-refractivity contribution in [3.63, 3.8) is 0 Å². The van der Waals surface area contributed by atoms with E-state index < -0.39 is 0 Å². The molecule has 2 aliphatic heterocycles. The van der Waals surface area contributed by atoms with Gasteiger partial charge in [0.2, 0.25) is 0 Å². The highest BCUT2D eigenvalue weighted by molar-refractivity contribution is 6.49. The number of ether oxygens (including phenoxy) is 2. The second-order valence-corrected chi connectivity index (χ2v) is 7.89. The summed E-state index contributed by atoms with van der Waals surface area (Å²) < 4.78 is 23.9. The van der Waals surface area contributed by atoms with Gasteiger partial charge in [-0.25, -0.2) is 0 Å². The van der Waals surface area contributed by atoms with Crippen molar-refractivity contribution in [1.82, 2.24) is 0 Å². The van der Waals surface area contributed by atoms with E-state index in [1.165, 1.54) is 5.56 Å². The summed E-state index contributed by atoms with van der Waals surface area (Å²) >= 11 is 0. The first-order chi connectivity index (χ1) is 10.9. The molecule has 0 spiro atoms. The smallest absolute Gasteiger partial charge is 0.461 e. The van der Waals surface area contributed by atoms with Gasteiger partial charge in [-0.05, 0) is 57.7 Å². The first-order valence-electron chi connectivity index (χ1n) is 8.63. The third kappa shape index (κ3) is 2.64. The summed E-state index contributed by atoms with van der Waals surface area (Å²) in [5.74, 6) is 2.65. The molecule has 5 heteroatoms. The average Bonchev–Trinajstić information content (AvgIpc) is 3.25. The van der Waals surface area contributed by atoms with E-state index in [0.29, 0.717) is 11.7 Å². The van der Waals surface area contributed by atoms with Crippen LogP contribution in [0.4, 0.5) is 0 Å². The van der Waals surface area contributed by atoms with Crippen LogP contribution < -0.4 is 9.47 Å². The molecule has 0 bridgehead atoms. The van der Waals surface area contributed by atoms with Gasteiger partial charge in [0.1, 0.15) is 0 Å². The van der Waals surface area contributed by atoms with Gasteiger partial charge in [-0.3, -0.25) is 0 Å². The fraction of sp³-hybridized carbons (Fsp3) is 0.667. The minimum atomic E-state index is -0.254. The van der Waals surface area contributed by atoms with Gasteiger partial charge in [0, 0.05) is 12.2 Å². The molecule has 4 nitrogen and oxygen atoms in total. The number of benzene rings is 1. The van der Waals surface area contributed by atoms with E-state index in [0.717, 1.165) is 37.6 Å². The van der Waals surface area contributed by atoms with E-state index >= 15 is 0 Å². The predicted octanol–water partition coefficient (Wildman–Crippen LogP) is 3.80. The van der Waals surface area contributed by atoms with Crippen molar-refractivity contribution in [2.75, 3.05) is 13.2 Å². The molecular weight excluding hydrogens is 291 g/mol. The van der Waals surface area contributed by atoms with Gasteiger partial charge in [-0.2, -0.15) is 0 Å². The predicted molar refractivity (Wildman–Crippen MR) is 89.2 cm³/mol. The van der Waals surface area contributed by atoms with Crippen LogP contribution in [0.2, 0.25) is 5.82 Å². The zero-order valence-electron chi connectivity index (χ0n) is 14.4. The molecule has 23 heavy (non-hydrogen) atoms. The Morgan fingerprint density at radius 1 is 0.957 bits per heavy atom. The van der Waals surface area contributed by atoms with E-state index in [1.54, 1.807) is 0 Å². The third-order valence-corrected chi connectivity index (χ3v) is 5.66. The Bertz CT molecular complexity index is 597. The lowest BCUT2D eigenvalue weighted by Crippen LogP contribution is -2.41. The molecule has 1 aromatic rings. The lowest BCUT2D eigenvalue weighted by molar-refractivity contribution is 0.00578. The van der Waals surface area contributed by atoms with Crippen LogP contribution in [0.3, 0.4) is 0 Å². The number of fused-ring (bicyclic) bond motifs is 1. The molecule has 0 amide bonds. The van der Waals surface area contributed by atoms with Crippen molar-refractivity contribution in [3.05, 3.63) is 23.8 Å². The van der Waals surface area contributed by atoms with E-state index in [4.69, 9.17) is 18.8 Å². The van der Waals surface area contributed by atoms with Crippen molar-refractivity contribution in [3.8, 4) is 11.5 Å². The van der Waals surface area contributed by atoms with Crippen LogP contribution in [0.25, 0.3) is 0 Å². The first kappa shape index (κ1) is 15.3. The maximum Gasteiger partial charge on any atom is 0.461 e. The van der Waals surface area contributed by atoms with Crippen molar-refractivity contribution >= 4 is 7.12 Å². The molecule has 1 aliphatic carbocycles. The highest BCUT2D eigenvalue weighted by Crippen LogP contribution is 2.59. The molecule has 2 atom stereocenters. The van der Waals surface area contributed by atoms with Crippen LogP contribution in [0.1, 0.15) is 52.0 Å². The Labute approximate surface area is 138 Å². The quantitative estimate of drug-likeness (QED) is 0.778. The Balaban J connectivity index is 1.49. The van der Waals surface area contributed by atoms with Gasteiger partial charge >= 0.3 is 7.12 Å². The van der Waals surface area contributed by atoms with Gasteiger partial charge < -0.3 is 18.8 Å². The second kappa shape index (κ2) is 5.15. The SMILES string of the molecule is CC1(C)OB(C2CC2c2ccc3c(c2)OCCCO3)OC1(C)C. The summed E-state index contributed by atoms with van der Waals surface area (Å²) in [5, 5.41) is 0. The lowest BCUT2D eigenvalue weighted by atomic mass is 9.79. The normalized spacial score (nSPS) is 30.9. The minimum Gasteiger partial charge on any atom is -0.490 e. The summed E-state index contributed by atoms with van der Waals surface area (Å²) in [7, 11) is -0.110. The maximum atomic E-state index is 6.19.